The predicted molar refractivity (Wildman–Crippen MR) is 233 cm³/mol. The zero-order valence-electron chi connectivity index (χ0n) is 32.0. The van der Waals surface area contributed by atoms with Crippen molar-refractivity contribution in [1.82, 2.24) is 24.6 Å². The number of benzene rings is 4. The number of rotatable bonds is 13. The monoisotopic (exact) mass is 782 g/mol. The Bertz CT molecular complexity index is 2090. The predicted octanol–water partition coefficient (Wildman–Crippen LogP) is 7.31. The highest BCUT2D eigenvalue weighted by Crippen LogP contribution is 2.29. The van der Waals surface area contributed by atoms with Gasteiger partial charge >= 0.3 is 5.96 Å². The summed E-state index contributed by atoms with van der Waals surface area (Å²) in [5.41, 5.74) is 14.5. The van der Waals surface area contributed by atoms with Gasteiger partial charge in [-0.2, -0.15) is 0 Å². The van der Waals surface area contributed by atoms with Crippen LogP contribution >= 0.6 is 23.5 Å². The lowest BCUT2D eigenvalue weighted by atomic mass is 10.0. The lowest BCUT2D eigenvalue weighted by Crippen LogP contribution is -2.50. The van der Waals surface area contributed by atoms with Crippen molar-refractivity contribution in [3.05, 3.63) is 149 Å². The van der Waals surface area contributed by atoms with Gasteiger partial charge in [0.05, 0.1) is 19.6 Å². The Hall–Kier alpha value is -4.94. The maximum absolute atomic E-state index is 8.94. The van der Waals surface area contributed by atoms with Crippen LogP contribution < -0.4 is 5.73 Å². The number of guanidine groups is 2. The van der Waals surface area contributed by atoms with Crippen LogP contribution in [0, 0.1) is 10.8 Å². The third-order valence-corrected chi connectivity index (χ3v) is 12.8. The van der Waals surface area contributed by atoms with E-state index in [9.17, 15) is 0 Å². The lowest BCUT2D eigenvalue weighted by molar-refractivity contribution is -0.430. The van der Waals surface area contributed by atoms with E-state index in [0.717, 1.165) is 87.5 Å². The normalized spacial score (nSPS) is 15.1. The van der Waals surface area contributed by atoms with Crippen LogP contribution in [0.3, 0.4) is 0 Å². The molecule has 4 N–H and O–H groups in total. The third kappa shape index (κ3) is 10.7. The molecule has 288 valence electrons. The highest BCUT2D eigenvalue weighted by Gasteiger charge is 2.27. The first-order chi connectivity index (χ1) is 27.4. The molecule has 2 aliphatic heterocycles. The molecule has 0 bridgehead atoms. The first-order valence-electron chi connectivity index (χ1n) is 19.3. The molecule has 2 aliphatic rings. The maximum atomic E-state index is 8.94. The van der Waals surface area contributed by atoms with Crippen LogP contribution in [0.2, 0.25) is 0 Å². The first-order valence-corrected chi connectivity index (χ1v) is 21.3. The molecule has 0 amide bonds. The molecular weight excluding hydrogens is 731 g/mol. The summed E-state index contributed by atoms with van der Waals surface area (Å²) < 4.78 is 1.81. The molecule has 0 atom stereocenters. The molecule has 0 radical (unpaired) electrons. The third-order valence-electron chi connectivity index (χ3n) is 10.5. The van der Waals surface area contributed by atoms with E-state index in [-0.39, 0.29) is 5.96 Å². The molecule has 56 heavy (non-hydrogen) atoms. The molecule has 0 saturated carbocycles. The lowest BCUT2D eigenvalue weighted by Gasteiger charge is -2.35. The van der Waals surface area contributed by atoms with Crippen LogP contribution in [0.25, 0.3) is 11.1 Å². The highest BCUT2D eigenvalue weighted by molar-refractivity contribution is 7.98. The fourth-order valence-electron chi connectivity index (χ4n) is 7.22. The second-order valence-corrected chi connectivity index (χ2v) is 16.5. The number of thioether (sulfide) groups is 2. The zero-order chi connectivity index (χ0) is 38.7. The molecule has 11 heteroatoms. The van der Waals surface area contributed by atoms with Crippen molar-refractivity contribution < 1.29 is 4.58 Å². The average Bonchev–Trinajstić information content (AvgIpc) is 3.24. The van der Waals surface area contributed by atoms with Gasteiger partial charge in [0.2, 0.25) is 0 Å². The molecule has 4 aromatic carbocycles. The van der Waals surface area contributed by atoms with Crippen LogP contribution in [0.15, 0.2) is 131 Å². The van der Waals surface area contributed by atoms with Gasteiger partial charge in [-0.3, -0.25) is 20.1 Å². The second kappa shape index (κ2) is 19.3. The molecule has 2 fully saturated rings. The SMILES string of the molecule is C=[N+](Cc1ccc(CSc2ccccc2CN2CCN(C(=N)N)CC2)cc1)C(=N)N1CCN(Cc2cccnc2SCc2cccc(-c3ccccc3)c2)CC1. The van der Waals surface area contributed by atoms with Crippen LogP contribution in [-0.2, 0) is 31.1 Å². The standard InChI is InChI=1S/C45H52N9S2/c1-50(30-35-16-18-36(19-17-35)33-55-42-15-6-5-12-40(42)31-51-21-25-53(26-22-51)44(46)47)45(48)54-27-23-52(24-28-54)32-41-14-8-20-49-43(41)56-34-37-9-7-13-39(29-37)38-10-3-2-4-11-38/h2-20,29,48H,1,21-28,30-34H2,(H3,46,47)/q+1. The highest BCUT2D eigenvalue weighted by atomic mass is 32.2. The van der Waals surface area contributed by atoms with Crippen molar-refractivity contribution in [2.24, 2.45) is 5.73 Å². The number of aromatic nitrogens is 1. The van der Waals surface area contributed by atoms with E-state index in [1.165, 1.54) is 38.3 Å². The van der Waals surface area contributed by atoms with Gasteiger partial charge in [0, 0.05) is 81.7 Å². The fourth-order valence-corrected chi connectivity index (χ4v) is 9.16. The Morgan fingerprint density at radius 2 is 1.23 bits per heavy atom. The van der Waals surface area contributed by atoms with Gasteiger partial charge in [0.1, 0.15) is 5.03 Å². The summed E-state index contributed by atoms with van der Waals surface area (Å²) in [6, 6.07) is 41.0. The molecule has 2 saturated heterocycles. The van der Waals surface area contributed by atoms with Crippen LogP contribution in [0.4, 0.5) is 0 Å². The Labute approximate surface area is 340 Å². The zero-order valence-corrected chi connectivity index (χ0v) is 33.7. The quantitative estimate of drug-likeness (QED) is 0.0495. The molecule has 0 aliphatic carbocycles. The minimum Gasteiger partial charge on any atom is -0.370 e. The summed E-state index contributed by atoms with van der Waals surface area (Å²) >= 11 is 3.68. The summed E-state index contributed by atoms with van der Waals surface area (Å²) in [6.07, 6.45) is 1.89. The molecule has 5 aromatic rings. The van der Waals surface area contributed by atoms with E-state index in [1.807, 2.05) is 33.5 Å². The van der Waals surface area contributed by atoms with Crippen molar-refractivity contribution >= 4 is 42.2 Å². The van der Waals surface area contributed by atoms with E-state index in [2.05, 4.69) is 131 Å². The summed E-state index contributed by atoms with van der Waals surface area (Å²) in [5, 5.41) is 17.7. The number of hydrogen-bond acceptors (Lipinski definition) is 7. The number of pyridine rings is 1. The number of piperazine rings is 2. The number of hydrogen-bond donors (Lipinski definition) is 3. The summed E-state index contributed by atoms with van der Waals surface area (Å²) in [5.74, 6) is 2.40. The largest absolute Gasteiger partial charge is 0.386 e. The number of nitrogens with two attached hydrogens (primary N) is 1. The van der Waals surface area contributed by atoms with Gasteiger partial charge in [-0.15, -0.1) is 28.9 Å². The molecule has 7 rings (SSSR count). The van der Waals surface area contributed by atoms with Crippen LogP contribution in [-0.4, -0.2) is 100 Å². The molecule has 0 spiro atoms. The van der Waals surface area contributed by atoms with Gasteiger partial charge < -0.3 is 10.6 Å². The summed E-state index contributed by atoms with van der Waals surface area (Å²) in [4.78, 5) is 15.1. The van der Waals surface area contributed by atoms with E-state index in [4.69, 9.17) is 21.5 Å². The number of nitrogens with one attached hydrogen (secondary N) is 2. The smallest absolute Gasteiger partial charge is 0.370 e. The van der Waals surface area contributed by atoms with E-state index in [1.54, 1.807) is 11.8 Å². The molecule has 0 unspecified atom stereocenters. The average molecular weight is 783 g/mol. The Balaban J connectivity index is 0.849. The van der Waals surface area contributed by atoms with Gasteiger partial charge in [-0.25, -0.2) is 9.56 Å². The van der Waals surface area contributed by atoms with Crippen LogP contribution in [0.5, 0.6) is 0 Å². The number of nitrogens with zero attached hydrogens (tertiary/aromatic N) is 6. The summed E-state index contributed by atoms with van der Waals surface area (Å²) in [6.45, 7) is 13.4. The van der Waals surface area contributed by atoms with Gasteiger partial charge in [-0.1, -0.05) is 103 Å². The maximum Gasteiger partial charge on any atom is 0.386 e. The topological polar surface area (TPSA) is 103 Å². The minimum atomic E-state index is 0.168. The first kappa shape index (κ1) is 39.3. The van der Waals surface area contributed by atoms with Gasteiger partial charge in [-0.05, 0) is 51.1 Å². The van der Waals surface area contributed by atoms with Crippen molar-refractivity contribution in [3.63, 3.8) is 0 Å². The van der Waals surface area contributed by atoms with E-state index >= 15 is 0 Å². The van der Waals surface area contributed by atoms with Crippen molar-refractivity contribution in [2.75, 3.05) is 52.4 Å². The van der Waals surface area contributed by atoms with Crippen LogP contribution in [0.1, 0.15) is 27.8 Å². The molecule has 1 aromatic heterocycles. The van der Waals surface area contributed by atoms with Crippen molar-refractivity contribution in [3.8, 4) is 11.1 Å². The fraction of sp³-hybridized carbons (Fsp3) is 0.289. The van der Waals surface area contributed by atoms with Crippen molar-refractivity contribution in [1.29, 1.82) is 10.8 Å². The Morgan fingerprint density at radius 1 is 0.625 bits per heavy atom. The van der Waals surface area contributed by atoms with Gasteiger partial charge in [0.25, 0.3) is 0 Å². The minimum absolute atomic E-state index is 0.168. The second-order valence-electron chi connectivity index (χ2n) is 14.5. The molecule has 9 nitrogen and oxygen atoms in total. The van der Waals surface area contributed by atoms with Gasteiger partial charge in [0.15, 0.2) is 5.96 Å². The Morgan fingerprint density at radius 3 is 1.96 bits per heavy atom. The Kier molecular flexibility index (Phi) is 13.5. The van der Waals surface area contributed by atoms with Crippen molar-refractivity contribution in [2.45, 2.75) is 41.1 Å². The van der Waals surface area contributed by atoms with E-state index < -0.39 is 0 Å². The molecule has 3 heterocycles. The van der Waals surface area contributed by atoms with E-state index in [0.29, 0.717) is 12.5 Å². The molecular formula is C45H52N9S2+. The summed E-state index contributed by atoms with van der Waals surface area (Å²) in [7, 11) is 0.